The second-order valence-corrected chi connectivity index (χ2v) is 9.53. The van der Waals surface area contributed by atoms with Gasteiger partial charge in [-0.1, -0.05) is 50.1 Å². The zero-order valence-electron chi connectivity index (χ0n) is 18.9. The fraction of sp³-hybridized carbons (Fsp3) is 0.500. The number of benzene rings is 1. The van der Waals surface area contributed by atoms with Crippen molar-refractivity contribution in [3.8, 4) is 0 Å². The normalized spacial score (nSPS) is 22.8. The van der Waals surface area contributed by atoms with Gasteiger partial charge < -0.3 is 5.32 Å². The summed E-state index contributed by atoms with van der Waals surface area (Å²) in [5, 5.41) is 3.23. The number of hydrogen-bond donors (Lipinski definition) is 1. The van der Waals surface area contributed by atoms with Crippen molar-refractivity contribution in [3.05, 3.63) is 65.9 Å². The number of piperidine rings is 1. The van der Waals surface area contributed by atoms with E-state index in [2.05, 4.69) is 63.5 Å². The molecule has 1 N–H and O–H groups in total. The molecule has 3 aromatic rings. The van der Waals surface area contributed by atoms with Crippen LogP contribution in [0.2, 0.25) is 0 Å². The van der Waals surface area contributed by atoms with Gasteiger partial charge in [0.25, 0.3) is 5.91 Å². The summed E-state index contributed by atoms with van der Waals surface area (Å²) < 4.78 is 2.04. The van der Waals surface area contributed by atoms with Crippen molar-refractivity contribution in [2.24, 2.45) is 5.92 Å². The van der Waals surface area contributed by atoms with Crippen LogP contribution >= 0.6 is 0 Å². The number of nitrogens with zero attached hydrogens (tertiary/aromatic N) is 4. The van der Waals surface area contributed by atoms with Crippen LogP contribution in [-0.2, 0) is 6.54 Å². The van der Waals surface area contributed by atoms with Crippen LogP contribution in [-0.4, -0.2) is 44.3 Å². The Bertz CT molecular complexity index is 1050. The number of nitrogens with one attached hydrogen (secondary N) is 1. The van der Waals surface area contributed by atoms with Crippen LogP contribution < -0.4 is 5.32 Å². The monoisotopic (exact) mass is 431 g/mol. The molecule has 2 fully saturated rings. The molecule has 5 rings (SSSR count). The molecule has 32 heavy (non-hydrogen) atoms. The summed E-state index contributed by atoms with van der Waals surface area (Å²) in [5.41, 5.74) is 3.71. The first-order valence-electron chi connectivity index (χ1n) is 12.1. The molecular weight excluding hydrogens is 398 g/mol. The summed E-state index contributed by atoms with van der Waals surface area (Å²) >= 11 is 0. The van der Waals surface area contributed by atoms with Crippen LogP contribution in [0.3, 0.4) is 0 Å². The lowest BCUT2D eigenvalue weighted by Crippen LogP contribution is -2.41. The van der Waals surface area contributed by atoms with Crippen LogP contribution in [0.5, 0.6) is 0 Å². The number of imidazole rings is 1. The van der Waals surface area contributed by atoms with Gasteiger partial charge >= 0.3 is 0 Å². The highest BCUT2D eigenvalue weighted by Crippen LogP contribution is 2.29. The van der Waals surface area contributed by atoms with Gasteiger partial charge in [0.15, 0.2) is 11.3 Å². The smallest absolute Gasteiger partial charge is 0.274 e. The maximum atomic E-state index is 13.0. The summed E-state index contributed by atoms with van der Waals surface area (Å²) in [5.74, 6) is 0.885. The van der Waals surface area contributed by atoms with Crippen LogP contribution in [0.1, 0.15) is 73.1 Å². The van der Waals surface area contributed by atoms with E-state index in [-0.39, 0.29) is 11.9 Å². The molecule has 6 nitrogen and oxygen atoms in total. The molecule has 2 atom stereocenters. The molecule has 1 saturated carbocycles. The number of rotatable bonds is 5. The minimum absolute atomic E-state index is 0.0893. The van der Waals surface area contributed by atoms with Gasteiger partial charge in [-0.3, -0.25) is 14.1 Å². The first kappa shape index (κ1) is 21.1. The number of amides is 1. The number of carbonyl (C=O) groups excluding carboxylic acids is 1. The summed E-state index contributed by atoms with van der Waals surface area (Å²) in [6, 6.07) is 13.0. The van der Waals surface area contributed by atoms with Gasteiger partial charge in [-0.15, -0.1) is 0 Å². The Kier molecular flexibility index (Phi) is 6.21. The molecule has 2 aromatic heterocycles. The van der Waals surface area contributed by atoms with E-state index in [9.17, 15) is 4.79 Å². The molecule has 168 valence electrons. The lowest BCUT2D eigenvalue weighted by Gasteiger charge is -2.32. The summed E-state index contributed by atoms with van der Waals surface area (Å²) in [6.07, 6.45) is 10.5. The number of hydrogen-bond acceptors (Lipinski definition) is 4. The average molecular weight is 432 g/mol. The quantitative estimate of drug-likeness (QED) is 0.650. The van der Waals surface area contributed by atoms with Crippen molar-refractivity contribution in [3.63, 3.8) is 0 Å². The van der Waals surface area contributed by atoms with Gasteiger partial charge in [-0.2, -0.15) is 0 Å². The van der Waals surface area contributed by atoms with Gasteiger partial charge in [0.05, 0.1) is 0 Å². The third-order valence-corrected chi connectivity index (χ3v) is 7.36. The van der Waals surface area contributed by atoms with E-state index >= 15 is 0 Å². The van der Waals surface area contributed by atoms with E-state index in [1.807, 2.05) is 10.6 Å². The van der Waals surface area contributed by atoms with Gasteiger partial charge in [-0.05, 0) is 56.3 Å². The molecule has 6 heteroatoms. The topological polar surface area (TPSA) is 62.5 Å². The molecular formula is C26H33N5O. The fourth-order valence-electron chi connectivity index (χ4n) is 5.41. The lowest BCUT2D eigenvalue weighted by atomic mass is 9.86. The third kappa shape index (κ3) is 4.42. The van der Waals surface area contributed by atoms with Crippen molar-refractivity contribution in [1.82, 2.24) is 24.6 Å². The second kappa shape index (κ2) is 9.41. The number of aromatic nitrogens is 3. The van der Waals surface area contributed by atoms with Crippen molar-refractivity contribution in [2.45, 2.75) is 64.0 Å². The highest BCUT2D eigenvalue weighted by molar-refractivity contribution is 5.98. The van der Waals surface area contributed by atoms with E-state index in [1.165, 1.54) is 30.5 Å². The SMILES string of the molecule is CC1CCCCC1NC(=O)c1ncn2c(C3CCN(Cc4ccccc4)CC3)ccnc12. The minimum atomic E-state index is -0.0893. The maximum absolute atomic E-state index is 13.0. The molecule has 1 aromatic carbocycles. The van der Waals surface area contributed by atoms with Gasteiger partial charge in [0, 0.05) is 30.4 Å². The molecule has 0 spiro atoms. The molecule has 1 amide bonds. The Hall–Kier alpha value is -2.73. The minimum Gasteiger partial charge on any atom is -0.348 e. The number of likely N-dealkylation sites (tertiary alicyclic amines) is 1. The Balaban J connectivity index is 1.28. The first-order chi connectivity index (χ1) is 15.7. The first-order valence-corrected chi connectivity index (χ1v) is 12.1. The summed E-state index contributed by atoms with van der Waals surface area (Å²) in [6.45, 7) is 5.39. The Morgan fingerprint density at radius 2 is 1.81 bits per heavy atom. The van der Waals surface area contributed by atoms with Crippen molar-refractivity contribution in [1.29, 1.82) is 0 Å². The fourth-order valence-corrected chi connectivity index (χ4v) is 5.41. The van der Waals surface area contributed by atoms with E-state index in [1.54, 1.807) is 6.33 Å². The highest BCUT2D eigenvalue weighted by atomic mass is 16.2. The molecule has 2 unspecified atom stereocenters. The van der Waals surface area contributed by atoms with Crippen molar-refractivity contribution < 1.29 is 4.79 Å². The Morgan fingerprint density at radius 3 is 2.59 bits per heavy atom. The largest absolute Gasteiger partial charge is 0.348 e. The zero-order valence-corrected chi connectivity index (χ0v) is 18.9. The van der Waals surface area contributed by atoms with Crippen LogP contribution in [0.15, 0.2) is 48.9 Å². The third-order valence-electron chi connectivity index (χ3n) is 7.36. The number of carbonyl (C=O) groups is 1. The van der Waals surface area contributed by atoms with E-state index in [4.69, 9.17) is 0 Å². The summed E-state index contributed by atoms with van der Waals surface area (Å²) in [7, 11) is 0. The van der Waals surface area contributed by atoms with E-state index in [0.717, 1.165) is 38.9 Å². The predicted molar refractivity (Wildman–Crippen MR) is 126 cm³/mol. The highest BCUT2D eigenvalue weighted by Gasteiger charge is 2.27. The molecule has 1 aliphatic heterocycles. The van der Waals surface area contributed by atoms with Crippen molar-refractivity contribution in [2.75, 3.05) is 13.1 Å². The van der Waals surface area contributed by atoms with E-state index < -0.39 is 0 Å². The van der Waals surface area contributed by atoms with Crippen LogP contribution in [0, 0.1) is 5.92 Å². The Labute approximate surface area is 190 Å². The number of fused-ring (bicyclic) bond motifs is 1. The predicted octanol–water partition coefficient (Wildman–Crippen LogP) is 4.42. The summed E-state index contributed by atoms with van der Waals surface area (Å²) in [4.78, 5) is 24.6. The standard InChI is InChI=1S/C26H33N5O/c1-19-7-5-6-10-22(19)29-26(32)24-25-27-14-11-23(31(25)18-28-24)21-12-15-30(16-13-21)17-20-8-3-2-4-9-20/h2-4,8-9,11,14,18-19,21-22H,5-7,10,12-13,15-17H2,1H3,(H,29,32). The second-order valence-electron chi connectivity index (χ2n) is 9.53. The molecule has 1 saturated heterocycles. The van der Waals surface area contributed by atoms with Gasteiger partial charge in [0.2, 0.25) is 0 Å². The van der Waals surface area contributed by atoms with Crippen molar-refractivity contribution >= 4 is 11.6 Å². The average Bonchev–Trinajstić information content (AvgIpc) is 3.26. The zero-order chi connectivity index (χ0) is 21.9. The molecule has 0 bridgehead atoms. The van der Waals surface area contributed by atoms with Gasteiger partial charge in [-0.25, -0.2) is 9.97 Å². The molecule has 0 radical (unpaired) electrons. The maximum Gasteiger partial charge on any atom is 0.274 e. The molecule has 2 aliphatic rings. The van der Waals surface area contributed by atoms with E-state index in [0.29, 0.717) is 23.2 Å². The lowest BCUT2D eigenvalue weighted by molar-refractivity contribution is 0.0907. The molecule has 1 aliphatic carbocycles. The van der Waals surface area contributed by atoms with Crippen LogP contribution in [0.25, 0.3) is 5.65 Å². The van der Waals surface area contributed by atoms with Crippen LogP contribution in [0.4, 0.5) is 0 Å². The Morgan fingerprint density at radius 1 is 1.03 bits per heavy atom. The van der Waals surface area contributed by atoms with Gasteiger partial charge in [0.1, 0.15) is 6.33 Å². The molecule has 3 heterocycles.